The molecule has 0 aromatic heterocycles. The highest BCUT2D eigenvalue weighted by atomic mass is 32.2. The van der Waals surface area contributed by atoms with Crippen LogP contribution in [0.15, 0.2) is 0 Å². The van der Waals surface area contributed by atoms with Gasteiger partial charge in [0.15, 0.2) is 0 Å². The minimum atomic E-state index is -1.06. The third-order valence-corrected chi connectivity index (χ3v) is 3.44. The molecular weight excluding hydrogens is 282 g/mol. The maximum atomic E-state index is 11.9. The van der Waals surface area contributed by atoms with Gasteiger partial charge >= 0.3 is 12.0 Å². The van der Waals surface area contributed by atoms with E-state index in [1.807, 2.05) is 6.26 Å². The summed E-state index contributed by atoms with van der Waals surface area (Å²) in [6.45, 7) is 1.92. The Labute approximate surface area is 123 Å². The molecule has 8 heteroatoms. The van der Waals surface area contributed by atoms with Crippen LogP contribution in [0.3, 0.4) is 0 Å². The summed E-state index contributed by atoms with van der Waals surface area (Å²) in [7, 11) is 3.06. The molecule has 0 aliphatic rings. The summed E-state index contributed by atoms with van der Waals surface area (Å²) >= 11 is 1.52. The van der Waals surface area contributed by atoms with E-state index in [1.54, 1.807) is 6.92 Å². The van der Waals surface area contributed by atoms with E-state index >= 15 is 0 Å². The van der Waals surface area contributed by atoms with Crippen molar-refractivity contribution in [2.75, 3.05) is 32.6 Å². The van der Waals surface area contributed by atoms with E-state index in [0.29, 0.717) is 12.2 Å². The largest absolute Gasteiger partial charge is 0.480 e. The molecule has 7 nitrogen and oxygen atoms in total. The first kappa shape index (κ1) is 18.6. The van der Waals surface area contributed by atoms with Gasteiger partial charge in [0.2, 0.25) is 5.91 Å². The summed E-state index contributed by atoms with van der Waals surface area (Å²) in [5, 5.41) is 14.0. The van der Waals surface area contributed by atoms with E-state index in [0.717, 1.165) is 0 Å². The van der Waals surface area contributed by atoms with Crippen LogP contribution < -0.4 is 10.6 Å². The van der Waals surface area contributed by atoms with Crippen molar-refractivity contribution in [1.29, 1.82) is 0 Å². The molecule has 0 rings (SSSR count). The van der Waals surface area contributed by atoms with Gasteiger partial charge in [-0.3, -0.25) is 4.79 Å². The lowest BCUT2D eigenvalue weighted by Crippen LogP contribution is -2.48. The molecule has 0 bridgehead atoms. The lowest BCUT2D eigenvalue weighted by molar-refractivity contribution is -0.139. The first-order valence-corrected chi connectivity index (χ1v) is 7.67. The van der Waals surface area contributed by atoms with Gasteiger partial charge in [-0.1, -0.05) is 6.92 Å². The quantitative estimate of drug-likeness (QED) is 0.596. The van der Waals surface area contributed by atoms with Gasteiger partial charge in [0.25, 0.3) is 0 Å². The number of carboxylic acid groups (broad SMARTS) is 1. The number of carbonyl (C=O) groups excluding carboxylic acids is 2. The molecule has 0 saturated heterocycles. The van der Waals surface area contributed by atoms with Gasteiger partial charge in [-0.25, -0.2) is 9.59 Å². The summed E-state index contributed by atoms with van der Waals surface area (Å²) in [6.07, 6.45) is 2.24. The lowest BCUT2D eigenvalue weighted by Gasteiger charge is -2.23. The number of amides is 3. The fourth-order valence-electron chi connectivity index (χ4n) is 1.58. The smallest absolute Gasteiger partial charge is 0.326 e. The lowest BCUT2D eigenvalue weighted by atomic mass is 10.1. The Balaban J connectivity index is 4.41. The van der Waals surface area contributed by atoms with Crippen LogP contribution >= 0.6 is 11.8 Å². The average Bonchev–Trinajstić information content (AvgIpc) is 2.41. The van der Waals surface area contributed by atoms with Gasteiger partial charge in [0, 0.05) is 20.6 Å². The molecule has 0 aromatic rings. The molecule has 3 N–H and O–H groups in total. The number of aliphatic carboxylic acids is 1. The van der Waals surface area contributed by atoms with Gasteiger partial charge in [0.1, 0.15) is 6.04 Å². The highest BCUT2D eigenvalue weighted by Gasteiger charge is 2.23. The second-order valence-electron chi connectivity index (χ2n) is 4.52. The van der Waals surface area contributed by atoms with E-state index < -0.39 is 18.0 Å². The number of thioether (sulfide) groups is 1. The molecule has 2 atom stereocenters. The molecular formula is C12H23N3O4S. The summed E-state index contributed by atoms with van der Waals surface area (Å²) < 4.78 is 0. The minimum Gasteiger partial charge on any atom is -0.480 e. The van der Waals surface area contributed by atoms with Crippen LogP contribution in [0.5, 0.6) is 0 Å². The third kappa shape index (κ3) is 6.65. The predicted molar refractivity (Wildman–Crippen MR) is 78.8 cm³/mol. The van der Waals surface area contributed by atoms with Gasteiger partial charge in [-0.05, 0) is 18.4 Å². The van der Waals surface area contributed by atoms with Crippen LogP contribution in [0.2, 0.25) is 0 Å². The number of nitrogens with one attached hydrogen (secondary N) is 2. The van der Waals surface area contributed by atoms with Crippen LogP contribution in [0, 0.1) is 5.92 Å². The molecule has 0 spiro atoms. The summed E-state index contributed by atoms with van der Waals surface area (Å²) in [5.41, 5.74) is 0. The number of hydrogen-bond donors (Lipinski definition) is 3. The average molecular weight is 305 g/mol. The van der Waals surface area contributed by atoms with Crippen molar-refractivity contribution in [1.82, 2.24) is 15.5 Å². The molecule has 0 aromatic carbocycles. The topological polar surface area (TPSA) is 98.7 Å². The Morgan fingerprint density at radius 2 is 1.95 bits per heavy atom. The normalized spacial score (nSPS) is 13.2. The third-order valence-electron chi connectivity index (χ3n) is 2.79. The van der Waals surface area contributed by atoms with Crippen molar-refractivity contribution in [3.8, 4) is 0 Å². The minimum absolute atomic E-state index is 0.165. The molecule has 0 radical (unpaired) electrons. The van der Waals surface area contributed by atoms with Gasteiger partial charge in [-0.15, -0.1) is 0 Å². The molecule has 1 unspecified atom stereocenters. The summed E-state index contributed by atoms with van der Waals surface area (Å²) in [5.74, 6) is -0.928. The Morgan fingerprint density at radius 3 is 2.40 bits per heavy atom. The van der Waals surface area contributed by atoms with E-state index in [-0.39, 0.29) is 18.4 Å². The number of nitrogens with zero attached hydrogens (tertiary/aromatic N) is 1. The van der Waals surface area contributed by atoms with Gasteiger partial charge in [-0.2, -0.15) is 11.8 Å². The fourth-order valence-corrected chi connectivity index (χ4v) is 2.05. The second kappa shape index (κ2) is 9.46. The molecule has 0 fully saturated rings. The Bertz CT molecular complexity index is 352. The van der Waals surface area contributed by atoms with Crippen LogP contribution in [0.25, 0.3) is 0 Å². The molecule has 0 saturated carbocycles. The summed E-state index contributed by atoms with van der Waals surface area (Å²) in [6, 6.07) is -1.40. The number of hydrogen-bond acceptors (Lipinski definition) is 4. The van der Waals surface area contributed by atoms with Crippen LogP contribution in [-0.2, 0) is 9.59 Å². The number of carbonyl (C=O) groups is 3. The van der Waals surface area contributed by atoms with E-state index in [2.05, 4.69) is 10.6 Å². The predicted octanol–water partition coefficient (Wildman–Crippen LogP) is 0.216. The van der Waals surface area contributed by atoms with Crippen LogP contribution in [0.4, 0.5) is 4.79 Å². The van der Waals surface area contributed by atoms with Crippen LogP contribution in [0.1, 0.15) is 13.3 Å². The van der Waals surface area contributed by atoms with Gasteiger partial charge < -0.3 is 20.6 Å². The standard InChI is InChI=1S/C12H23N3O4S/c1-8(10(16)13-2)7-15(3)12(19)14-9(11(17)18)5-6-20-4/h8-9H,5-7H2,1-4H3,(H,13,16)(H,14,19)(H,17,18)/t8?,9-/m1/s1. The number of urea groups is 1. The van der Waals surface area contributed by atoms with Crippen molar-refractivity contribution in [3.05, 3.63) is 0 Å². The number of carboxylic acids is 1. The molecule has 3 amide bonds. The van der Waals surface area contributed by atoms with Crippen molar-refractivity contribution in [2.24, 2.45) is 5.92 Å². The summed E-state index contributed by atoms with van der Waals surface area (Å²) in [4.78, 5) is 35.6. The van der Waals surface area contributed by atoms with Crippen molar-refractivity contribution >= 4 is 29.7 Å². The number of rotatable bonds is 8. The van der Waals surface area contributed by atoms with Crippen molar-refractivity contribution < 1.29 is 19.5 Å². The second-order valence-corrected chi connectivity index (χ2v) is 5.50. The highest BCUT2D eigenvalue weighted by Crippen LogP contribution is 2.03. The van der Waals surface area contributed by atoms with Crippen molar-refractivity contribution in [3.63, 3.8) is 0 Å². The zero-order valence-electron chi connectivity index (χ0n) is 12.3. The molecule has 0 aliphatic heterocycles. The molecule has 0 aliphatic carbocycles. The van der Waals surface area contributed by atoms with E-state index in [4.69, 9.17) is 5.11 Å². The van der Waals surface area contributed by atoms with E-state index in [1.165, 1.54) is 30.8 Å². The molecule has 20 heavy (non-hydrogen) atoms. The first-order valence-electron chi connectivity index (χ1n) is 6.28. The highest BCUT2D eigenvalue weighted by molar-refractivity contribution is 7.98. The molecule has 0 heterocycles. The Morgan fingerprint density at radius 1 is 1.35 bits per heavy atom. The fraction of sp³-hybridized carbons (Fsp3) is 0.750. The van der Waals surface area contributed by atoms with Crippen molar-refractivity contribution in [2.45, 2.75) is 19.4 Å². The Hall–Kier alpha value is -1.44. The maximum absolute atomic E-state index is 11.9. The SMILES string of the molecule is CNC(=O)C(C)CN(C)C(=O)N[C@H](CCSC)C(=O)O. The zero-order valence-corrected chi connectivity index (χ0v) is 13.1. The van der Waals surface area contributed by atoms with E-state index in [9.17, 15) is 14.4 Å². The zero-order chi connectivity index (χ0) is 15.7. The van der Waals surface area contributed by atoms with Crippen LogP contribution in [-0.4, -0.2) is 66.6 Å². The Kier molecular flexibility index (Phi) is 8.78. The molecule has 116 valence electrons. The monoisotopic (exact) mass is 305 g/mol. The maximum Gasteiger partial charge on any atom is 0.326 e. The first-order chi connectivity index (χ1) is 9.33. The van der Waals surface area contributed by atoms with Gasteiger partial charge in [0.05, 0.1) is 5.92 Å².